The molecule has 0 aromatic carbocycles. The van der Waals surface area contributed by atoms with Crippen LogP contribution in [0.1, 0.15) is 23.2 Å². The molecule has 5 heteroatoms. The maximum atomic E-state index is 12.1. The van der Waals surface area contributed by atoms with Gasteiger partial charge in [-0.2, -0.15) is 0 Å². The molecule has 98 valence electrons. The minimum Gasteiger partial charge on any atom is -0.367 e. The van der Waals surface area contributed by atoms with Gasteiger partial charge in [0.1, 0.15) is 5.82 Å². The highest BCUT2D eigenvalue weighted by molar-refractivity contribution is 6.05. The molecule has 1 amide bonds. The predicted molar refractivity (Wildman–Crippen MR) is 74.4 cm³/mol. The van der Waals surface area contributed by atoms with E-state index in [1.807, 2.05) is 12.1 Å². The Morgan fingerprint density at radius 1 is 1.42 bits per heavy atom. The van der Waals surface area contributed by atoms with Gasteiger partial charge in [0.25, 0.3) is 5.91 Å². The Labute approximate surface area is 111 Å². The molecule has 0 spiro atoms. The summed E-state index contributed by atoms with van der Waals surface area (Å²) in [6, 6.07) is 6.16. The molecule has 1 aliphatic carbocycles. The first-order chi connectivity index (χ1) is 9.24. The van der Waals surface area contributed by atoms with Crippen molar-refractivity contribution < 1.29 is 4.79 Å². The van der Waals surface area contributed by atoms with E-state index in [1.165, 1.54) is 12.8 Å². The number of aromatic amines is 1. The number of H-pyrrole nitrogens is 1. The molecule has 2 heterocycles. The van der Waals surface area contributed by atoms with Crippen molar-refractivity contribution in [2.24, 2.45) is 0 Å². The topological polar surface area (TPSA) is 61.0 Å². The number of aromatic nitrogens is 2. The number of hydrogen-bond acceptors (Lipinski definition) is 3. The normalized spacial score (nSPS) is 14.2. The molecule has 2 aromatic rings. The fraction of sp³-hybridized carbons (Fsp3) is 0.286. The standard InChI is InChI=1S/C14H16N4O/c1-18(14(19)10-6-7-15-8-10)12-4-5-13(16-9-12)17-11-2-3-11/h4-9,11,15H,2-3H2,1H3,(H,16,17). The number of carbonyl (C=O) groups excluding carboxylic acids is 1. The number of amides is 1. The van der Waals surface area contributed by atoms with Crippen LogP contribution in [0.4, 0.5) is 11.5 Å². The summed E-state index contributed by atoms with van der Waals surface area (Å²) in [5.74, 6) is 0.819. The lowest BCUT2D eigenvalue weighted by atomic mass is 10.3. The molecule has 2 aromatic heterocycles. The Bertz CT molecular complexity index is 558. The summed E-state index contributed by atoms with van der Waals surface area (Å²) >= 11 is 0. The van der Waals surface area contributed by atoms with Gasteiger partial charge in [0.2, 0.25) is 0 Å². The largest absolute Gasteiger partial charge is 0.367 e. The van der Waals surface area contributed by atoms with Gasteiger partial charge in [0.05, 0.1) is 17.4 Å². The smallest absolute Gasteiger partial charge is 0.259 e. The van der Waals surface area contributed by atoms with E-state index in [0.717, 1.165) is 11.5 Å². The number of rotatable bonds is 4. The molecule has 0 atom stereocenters. The third-order valence-electron chi connectivity index (χ3n) is 3.21. The first-order valence-electron chi connectivity index (χ1n) is 6.37. The minimum atomic E-state index is -0.0500. The maximum absolute atomic E-state index is 12.1. The third-order valence-corrected chi connectivity index (χ3v) is 3.21. The summed E-state index contributed by atoms with van der Waals surface area (Å²) in [7, 11) is 1.75. The fourth-order valence-corrected chi connectivity index (χ4v) is 1.87. The molecule has 5 nitrogen and oxygen atoms in total. The van der Waals surface area contributed by atoms with Crippen LogP contribution < -0.4 is 10.2 Å². The second-order valence-corrected chi connectivity index (χ2v) is 4.78. The number of nitrogens with one attached hydrogen (secondary N) is 2. The zero-order valence-corrected chi connectivity index (χ0v) is 10.8. The maximum Gasteiger partial charge on any atom is 0.259 e. The van der Waals surface area contributed by atoms with Crippen molar-refractivity contribution >= 4 is 17.4 Å². The molecular weight excluding hydrogens is 240 g/mol. The average Bonchev–Trinajstić information content (AvgIpc) is 3.08. The average molecular weight is 256 g/mol. The zero-order chi connectivity index (χ0) is 13.2. The number of carbonyl (C=O) groups is 1. The first-order valence-corrected chi connectivity index (χ1v) is 6.37. The fourth-order valence-electron chi connectivity index (χ4n) is 1.87. The molecular formula is C14H16N4O. The van der Waals surface area contributed by atoms with Crippen molar-refractivity contribution in [1.29, 1.82) is 0 Å². The van der Waals surface area contributed by atoms with Crippen molar-refractivity contribution in [3.8, 4) is 0 Å². The molecule has 1 fully saturated rings. The number of hydrogen-bond donors (Lipinski definition) is 2. The number of nitrogens with zero attached hydrogens (tertiary/aromatic N) is 2. The molecule has 1 aliphatic rings. The highest BCUT2D eigenvalue weighted by atomic mass is 16.2. The van der Waals surface area contributed by atoms with E-state index >= 15 is 0 Å². The van der Waals surface area contributed by atoms with Crippen LogP contribution in [0, 0.1) is 0 Å². The van der Waals surface area contributed by atoms with Crippen molar-refractivity contribution in [2.75, 3.05) is 17.3 Å². The van der Waals surface area contributed by atoms with Crippen LogP contribution in [0.15, 0.2) is 36.8 Å². The Balaban J connectivity index is 1.72. The number of pyridine rings is 1. The SMILES string of the molecule is CN(C(=O)c1cc[nH]c1)c1ccc(NC2CC2)nc1. The van der Waals surface area contributed by atoms with Gasteiger partial charge in [-0.15, -0.1) is 0 Å². The monoisotopic (exact) mass is 256 g/mol. The van der Waals surface area contributed by atoms with Gasteiger partial charge >= 0.3 is 0 Å². The Morgan fingerprint density at radius 3 is 2.84 bits per heavy atom. The zero-order valence-electron chi connectivity index (χ0n) is 10.8. The van der Waals surface area contributed by atoms with Crippen LogP contribution >= 0.6 is 0 Å². The predicted octanol–water partition coefficient (Wildman–Crippen LogP) is 2.26. The van der Waals surface area contributed by atoms with Gasteiger partial charge in [-0.3, -0.25) is 4.79 Å². The second-order valence-electron chi connectivity index (χ2n) is 4.78. The first kappa shape index (κ1) is 11.8. The van der Waals surface area contributed by atoms with Crippen molar-refractivity contribution in [1.82, 2.24) is 9.97 Å². The third kappa shape index (κ3) is 2.59. The highest BCUT2D eigenvalue weighted by Crippen LogP contribution is 2.24. The molecule has 3 rings (SSSR count). The lowest BCUT2D eigenvalue weighted by Crippen LogP contribution is -2.25. The molecule has 0 bridgehead atoms. The van der Waals surface area contributed by atoms with E-state index in [0.29, 0.717) is 11.6 Å². The van der Waals surface area contributed by atoms with Gasteiger partial charge in [-0.05, 0) is 31.0 Å². The summed E-state index contributed by atoms with van der Waals surface area (Å²) in [4.78, 5) is 20.9. The quantitative estimate of drug-likeness (QED) is 0.882. The molecule has 0 saturated heterocycles. The minimum absolute atomic E-state index is 0.0500. The number of anilines is 2. The summed E-state index contributed by atoms with van der Waals surface area (Å²) in [5, 5.41) is 3.32. The van der Waals surface area contributed by atoms with E-state index in [9.17, 15) is 4.79 Å². The van der Waals surface area contributed by atoms with E-state index in [2.05, 4.69) is 15.3 Å². The van der Waals surface area contributed by atoms with Crippen molar-refractivity contribution in [3.05, 3.63) is 42.4 Å². The molecule has 0 aliphatic heterocycles. The highest BCUT2D eigenvalue weighted by Gasteiger charge is 2.21. The molecule has 19 heavy (non-hydrogen) atoms. The molecule has 2 N–H and O–H groups in total. The van der Waals surface area contributed by atoms with Gasteiger partial charge in [0, 0.05) is 25.5 Å². The molecule has 1 saturated carbocycles. The summed E-state index contributed by atoms with van der Waals surface area (Å²) in [6.45, 7) is 0. The molecule has 0 radical (unpaired) electrons. The van der Waals surface area contributed by atoms with Crippen LogP contribution in [0.2, 0.25) is 0 Å². The van der Waals surface area contributed by atoms with E-state index in [4.69, 9.17) is 0 Å². The summed E-state index contributed by atoms with van der Waals surface area (Å²) < 4.78 is 0. The van der Waals surface area contributed by atoms with Crippen LogP contribution in [-0.4, -0.2) is 29.0 Å². The van der Waals surface area contributed by atoms with Crippen LogP contribution in [0.3, 0.4) is 0 Å². The van der Waals surface area contributed by atoms with Crippen LogP contribution in [0.25, 0.3) is 0 Å². The van der Waals surface area contributed by atoms with Crippen molar-refractivity contribution in [2.45, 2.75) is 18.9 Å². The van der Waals surface area contributed by atoms with Gasteiger partial charge < -0.3 is 15.2 Å². The van der Waals surface area contributed by atoms with Crippen LogP contribution in [0.5, 0.6) is 0 Å². The Kier molecular flexibility index (Phi) is 2.95. The second kappa shape index (κ2) is 4.76. The lowest BCUT2D eigenvalue weighted by Gasteiger charge is -2.16. The van der Waals surface area contributed by atoms with Gasteiger partial charge in [-0.25, -0.2) is 4.98 Å². The van der Waals surface area contributed by atoms with E-state index in [-0.39, 0.29) is 5.91 Å². The van der Waals surface area contributed by atoms with E-state index < -0.39 is 0 Å². The van der Waals surface area contributed by atoms with Gasteiger partial charge in [0.15, 0.2) is 0 Å². The van der Waals surface area contributed by atoms with Crippen molar-refractivity contribution in [3.63, 3.8) is 0 Å². The molecule has 0 unspecified atom stereocenters. The van der Waals surface area contributed by atoms with E-state index in [1.54, 1.807) is 36.6 Å². The Hall–Kier alpha value is -2.30. The Morgan fingerprint density at radius 2 is 2.26 bits per heavy atom. The summed E-state index contributed by atoms with van der Waals surface area (Å²) in [6.07, 6.45) is 7.58. The van der Waals surface area contributed by atoms with Gasteiger partial charge in [-0.1, -0.05) is 0 Å². The van der Waals surface area contributed by atoms with Crippen LogP contribution in [-0.2, 0) is 0 Å². The summed E-state index contributed by atoms with van der Waals surface area (Å²) in [5.41, 5.74) is 1.43. The lowest BCUT2D eigenvalue weighted by molar-refractivity contribution is 0.0993.